The number of H-pyrrole nitrogens is 1. The maximum atomic E-state index is 12.9. The van der Waals surface area contributed by atoms with E-state index in [2.05, 4.69) is 72.7 Å². The molecule has 0 spiro atoms. The summed E-state index contributed by atoms with van der Waals surface area (Å²) in [6, 6.07) is 0. The van der Waals surface area contributed by atoms with Gasteiger partial charge in [0.25, 0.3) is 5.56 Å². The maximum Gasteiger partial charge on any atom is 0.330 e. The van der Waals surface area contributed by atoms with E-state index in [9.17, 15) is 14.4 Å². The number of ether oxygens (including phenoxy) is 1. The summed E-state index contributed by atoms with van der Waals surface area (Å²) < 4.78 is 21.1. The highest BCUT2D eigenvalue weighted by Crippen LogP contribution is 2.42. The van der Waals surface area contributed by atoms with Gasteiger partial charge in [0.2, 0.25) is 0 Å². The Morgan fingerprint density at radius 2 is 1.54 bits per heavy atom. The molecule has 1 N–H and O–H groups in total. The summed E-state index contributed by atoms with van der Waals surface area (Å²) in [4.78, 5) is 40.4. The standard InChI is InChI=1S/C27H50N2O6Si2/c1-25(2,3)21(30)14-18-16-29(24(32)28-23(18)31)22-15-19(35-37(12,13)27(7,8)9)20(34-22)17-33-36(10,11)26(4,5)6/h16,19-20,22H,14-15,17H2,1-13H3,(H,28,31,32)/t19-,20+,22+/m0/s1. The van der Waals surface area contributed by atoms with Crippen LogP contribution in [0, 0.1) is 5.41 Å². The lowest BCUT2D eigenvalue weighted by molar-refractivity contribution is -0.125. The van der Waals surface area contributed by atoms with Crippen molar-refractivity contribution in [3.8, 4) is 0 Å². The van der Waals surface area contributed by atoms with Crippen molar-refractivity contribution in [2.24, 2.45) is 5.41 Å². The summed E-state index contributed by atoms with van der Waals surface area (Å²) in [7, 11) is -4.18. The molecule has 2 heterocycles. The minimum absolute atomic E-state index is 0.00519. The van der Waals surface area contributed by atoms with Crippen LogP contribution in [0.4, 0.5) is 0 Å². The first-order chi connectivity index (χ1) is 16.5. The van der Waals surface area contributed by atoms with E-state index in [1.807, 2.05) is 20.8 Å². The topological polar surface area (TPSA) is 99.6 Å². The molecule has 0 unspecified atom stereocenters. The van der Waals surface area contributed by atoms with Gasteiger partial charge in [-0.15, -0.1) is 0 Å². The second kappa shape index (κ2) is 10.7. The Labute approximate surface area is 224 Å². The first kappa shape index (κ1) is 31.9. The van der Waals surface area contributed by atoms with Crippen molar-refractivity contribution in [2.75, 3.05) is 6.61 Å². The first-order valence-corrected chi connectivity index (χ1v) is 19.1. The van der Waals surface area contributed by atoms with Crippen LogP contribution in [0.3, 0.4) is 0 Å². The van der Waals surface area contributed by atoms with Gasteiger partial charge in [-0.2, -0.15) is 0 Å². The number of hydrogen-bond donors (Lipinski definition) is 1. The molecule has 0 bridgehead atoms. The molecule has 0 radical (unpaired) electrons. The fraction of sp³-hybridized carbons (Fsp3) is 0.815. The molecular weight excluding hydrogens is 504 g/mol. The van der Waals surface area contributed by atoms with Gasteiger partial charge >= 0.3 is 5.69 Å². The minimum Gasteiger partial charge on any atom is -0.414 e. The molecule has 1 aliphatic rings. The van der Waals surface area contributed by atoms with Gasteiger partial charge in [-0.25, -0.2) is 4.79 Å². The van der Waals surface area contributed by atoms with E-state index in [-0.39, 0.29) is 40.1 Å². The molecule has 212 valence electrons. The van der Waals surface area contributed by atoms with Gasteiger partial charge < -0.3 is 13.6 Å². The average Bonchev–Trinajstić information content (AvgIpc) is 3.07. The largest absolute Gasteiger partial charge is 0.414 e. The zero-order chi connectivity index (χ0) is 28.8. The van der Waals surface area contributed by atoms with Crippen LogP contribution in [0.15, 0.2) is 15.8 Å². The van der Waals surface area contributed by atoms with Crippen LogP contribution >= 0.6 is 0 Å². The lowest BCUT2D eigenvalue weighted by Crippen LogP contribution is -2.48. The van der Waals surface area contributed by atoms with Crippen molar-refractivity contribution >= 4 is 22.4 Å². The molecule has 37 heavy (non-hydrogen) atoms. The van der Waals surface area contributed by atoms with Crippen molar-refractivity contribution in [1.82, 2.24) is 9.55 Å². The predicted molar refractivity (Wildman–Crippen MR) is 153 cm³/mol. The van der Waals surface area contributed by atoms with Crippen molar-refractivity contribution in [2.45, 2.75) is 130 Å². The third-order valence-corrected chi connectivity index (χ3v) is 17.4. The lowest BCUT2D eigenvalue weighted by Gasteiger charge is -2.40. The number of ketones is 1. The zero-order valence-electron chi connectivity index (χ0n) is 25.3. The third kappa shape index (κ3) is 7.62. The van der Waals surface area contributed by atoms with Crippen LogP contribution in [0.25, 0.3) is 0 Å². The van der Waals surface area contributed by atoms with Crippen LogP contribution in [0.2, 0.25) is 36.3 Å². The highest BCUT2D eigenvalue weighted by Gasteiger charge is 2.46. The Bertz CT molecular complexity index is 1090. The highest BCUT2D eigenvalue weighted by molar-refractivity contribution is 6.74. The Hall–Kier alpha value is -1.34. The van der Waals surface area contributed by atoms with E-state index in [4.69, 9.17) is 13.6 Å². The van der Waals surface area contributed by atoms with Crippen molar-refractivity contribution in [1.29, 1.82) is 0 Å². The quantitative estimate of drug-likeness (QED) is 0.432. The van der Waals surface area contributed by atoms with E-state index in [0.717, 1.165) is 0 Å². The third-order valence-electron chi connectivity index (χ3n) is 8.39. The summed E-state index contributed by atoms with van der Waals surface area (Å²) in [5, 5.41) is 0.0520. The Kier molecular flexibility index (Phi) is 9.20. The summed E-state index contributed by atoms with van der Waals surface area (Å²) in [5.41, 5.74) is -1.43. The van der Waals surface area contributed by atoms with Gasteiger partial charge in [0, 0.05) is 30.0 Å². The van der Waals surface area contributed by atoms with Crippen molar-refractivity contribution < 1.29 is 18.4 Å². The molecule has 8 nitrogen and oxygen atoms in total. The van der Waals surface area contributed by atoms with Gasteiger partial charge in [-0.05, 0) is 36.3 Å². The molecule has 1 fully saturated rings. The Balaban J connectivity index is 2.41. The molecule has 0 saturated carbocycles. The predicted octanol–water partition coefficient (Wildman–Crippen LogP) is 5.39. The Morgan fingerprint density at radius 1 is 1.00 bits per heavy atom. The second-order valence-electron chi connectivity index (χ2n) is 14.5. The number of carbonyl (C=O) groups excluding carboxylic acids is 1. The van der Waals surface area contributed by atoms with E-state index >= 15 is 0 Å². The summed E-state index contributed by atoms with van der Waals surface area (Å²) in [6.07, 6.45) is 0.650. The molecule has 0 aromatic carbocycles. The summed E-state index contributed by atoms with van der Waals surface area (Å²) in [5.74, 6) is -0.0738. The average molecular weight is 555 g/mol. The zero-order valence-corrected chi connectivity index (χ0v) is 27.3. The van der Waals surface area contributed by atoms with E-state index in [1.54, 1.807) is 0 Å². The van der Waals surface area contributed by atoms with Gasteiger partial charge in [0.05, 0.1) is 12.7 Å². The molecular formula is C27H50N2O6Si2. The Morgan fingerprint density at radius 3 is 2.03 bits per heavy atom. The van der Waals surface area contributed by atoms with Crippen LogP contribution in [0.5, 0.6) is 0 Å². The van der Waals surface area contributed by atoms with Gasteiger partial charge in [-0.1, -0.05) is 62.3 Å². The second-order valence-corrected chi connectivity index (χ2v) is 24.1. The van der Waals surface area contributed by atoms with Crippen LogP contribution in [-0.4, -0.2) is 50.8 Å². The van der Waals surface area contributed by atoms with Crippen LogP contribution in [-0.2, 0) is 24.8 Å². The number of carbonyl (C=O) groups is 1. The normalized spacial score (nSPS) is 21.9. The fourth-order valence-corrected chi connectivity index (χ4v) is 5.88. The van der Waals surface area contributed by atoms with Crippen molar-refractivity contribution in [3.05, 3.63) is 32.6 Å². The molecule has 3 atom stereocenters. The number of aromatic amines is 1. The SMILES string of the molecule is CC(C)(C)C(=O)Cc1cn([C@H]2C[C@H](O[Si](C)(C)C(C)(C)C)[C@@H](CO[Si](C)(C)C(C)(C)C)O2)c(=O)[nH]c1=O. The molecule has 1 saturated heterocycles. The monoisotopic (exact) mass is 554 g/mol. The molecule has 1 aromatic rings. The maximum absolute atomic E-state index is 12.9. The molecule has 1 aromatic heterocycles. The van der Waals surface area contributed by atoms with E-state index in [0.29, 0.717) is 13.0 Å². The van der Waals surface area contributed by atoms with Gasteiger partial charge in [-0.3, -0.25) is 19.1 Å². The number of nitrogens with zero attached hydrogens (tertiary/aromatic N) is 1. The van der Waals surface area contributed by atoms with E-state index in [1.165, 1.54) is 10.8 Å². The number of rotatable bonds is 8. The number of Topliss-reactive ketones (excluding diaryl/α,β-unsaturated/α-hetero) is 1. The number of nitrogens with one attached hydrogen (secondary N) is 1. The fourth-order valence-electron chi connectivity index (χ4n) is 3.51. The molecule has 2 rings (SSSR count). The first-order valence-electron chi connectivity index (χ1n) is 13.3. The lowest BCUT2D eigenvalue weighted by atomic mass is 9.87. The number of aromatic nitrogens is 2. The highest BCUT2D eigenvalue weighted by atomic mass is 28.4. The molecule has 10 heteroatoms. The summed E-state index contributed by atoms with van der Waals surface area (Å²) >= 11 is 0. The van der Waals surface area contributed by atoms with Crippen LogP contribution < -0.4 is 11.2 Å². The van der Waals surface area contributed by atoms with Crippen LogP contribution in [0.1, 0.15) is 80.5 Å². The van der Waals surface area contributed by atoms with Gasteiger partial charge in [0.15, 0.2) is 16.6 Å². The van der Waals surface area contributed by atoms with E-state index < -0.39 is 39.5 Å². The number of hydrogen-bond acceptors (Lipinski definition) is 6. The van der Waals surface area contributed by atoms with Gasteiger partial charge in [0.1, 0.15) is 18.1 Å². The minimum atomic E-state index is -2.14. The smallest absolute Gasteiger partial charge is 0.330 e. The molecule has 0 amide bonds. The van der Waals surface area contributed by atoms with Crippen molar-refractivity contribution in [3.63, 3.8) is 0 Å². The molecule has 0 aliphatic carbocycles. The summed E-state index contributed by atoms with van der Waals surface area (Å²) in [6.45, 7) is 27.8. The molecule has 1 aliphatic heterocycles.